The van der Waals surface area contributed by atoms with Crippen LogP contribution >= 0.6 is 24.8 Å². The summed E-state index contributed by atoms with van der Waals surface area (Å²) in [4.78, 5) is 0. The first-order chi connectivity index (χ1) is 6.20. The minimum Gasteiger partial charge on any atom is -0.147 e. The van der Waals surface area contributed by atoms with Gasteiger partial charge in [0.2, 0.25) is 0 Å². The maximum absolute atomic E-state index is 5.40. The van der Waals surface area contributed by atoms with Gasteiger partial charge in [-0.25, -0.2) is 0 Å². The van der Waals surface area contributed by atoms with Gasteiger partial charge in [-0.1, -0.05) is 0 Å². The SMILES string of the molecule is CO[Si](OC)(OC)C1=[C]([Hf])CC=C1.Cl.Cl. The first kappa shape index (κ1) is 18.4. The van der Waals surface area contributed by atoms with E-state index in [0.29, 0.717) is 0 Å². The van der Waals surface area contributed by atoms with Crippen LogP contribution in [0.15, 0.2) is 20.7 Å². The van der Waals surface area contributed by atoms with Crippen LogP contribution in [0.3, 0.4) is 0 Å². The van der Waals surface area contributed by atoms with Crippen LogP contribution in [0.2, 0.25) is 0 Å². The zero-order valence-electron chi connectivity index (χ0n) is 8.90. The van der Waals surface area contributed by atoms with E-state index in [0.717, 1.165) is 36.0 Å². The molecule has 0 spiro atoms. The van der Waals surface area contributed by atoms with E-state index in [1.807, 2.05) is 0 Å². The Hall–Kier alpha value is 1.03. The Morgan fingerprint density at radius 1 is 1.13 bits per heavy atom. The molecule has 0 radical (unpaired) electrons. The molecule has 0 aromatic heterocycles. The van der Waals surface area contributed by atoms with Crippen molar-refractivity contribution in [1.29, 1.82) is 0 Å². The van der Waals surface area contributed by atoms with Crippen LogP contribution in [0.1, 0.15) is 6.42 Å². The summed E-state index contributed by atoms with van der Waals surface area (Å²) in [6.45, 7) is 0. The number of allylic oxidation sites excluding steroid dienone is 4. The van der Waals surface area contributed by atoms with Crippen LogP contribution in [-0.2, 0) is 37.7 Å². The Bertz CT molecular complexity index is 246. The summed E-state index contributed by atoms with van der Waals surface area (Å²) in [6, 6.07) is 0. The fraction of sp³-hybridized carbons (Fsp3) is 0.500. The van der Waals surface area contributed by atoms with Gasteiger partial charge in [0.25, 0.3) is 0 Å². The van der Waals surface area contributed by atoms with Crippen molar-refractivity contribution in [3.63, 3.8) is 0 Å². The van der Waals surface area contributed by atoms with Crippen LogP contribution in [0.25, 0.3) is 0 Å². The van der Waals surface area contributed by atoms with E-state index in [1.165, 1.54) is 3.33 Å². The van der Waals surface area contributed by atoms with Crippen molar-refractivity contribution < 1.29 is 37.7 Å². The molecular formula is C8H15Cl2HfO3Si. The average Bonchev–Trinajstić information content (AvgIpc) is 2.57. The summed E-state index contributed by atoms with van der Waals surface area (Å²) in [6.07, 6.45) is 5.24. The quantitative estimate of drug-likeness (QED) is 0.631. The Morgan fingerprint density at radius 3 is 1.87 bits per heavy atom. The summed E-state index contributed by atoms with van der Waals surface area (Å²) >= 11 is 1.04. The Balaban J connectivity index is 0. The molecule has 1 aliphatic rings. The van der Waals surface area contributed by atoms with E-state index in [9.17, 15) is 0 Å². The maximum Gasteiger partial charge on any atom is -0.147 e. The molecule has 7 heteroatoms. The second kappa shape index (κ2) is 8.17. The Morgan fingerprint density at radius 2 is 1.60 bits per heavy atom. The predicted molar refractivity (Wildman–Crippen MR) is 62.1 cm³/mol. The molecule has 0 unspecified atom stereocenters. The molecule has 0 amide bonds. The summed E-state index contributed by atoms with van der Waals surface area (Å²) < 4.78 is 17.6. The molecule has 0 atom stereocenters. The number of halogens is 2. The molecule has 0 aliphatic heterocycles. The molecule has 0 bridgehead atoms. The van der Waals surface area contributed by atoms with Gasteiger partial charge in [0.15, 0.2) is 0 Å². The topological polar surface area (TPSA) is 27.7 Å². The minimum absolute atomic E-state index is 0. The second-order valence-corrected chi connectivity index (χ2v) is 7.71. The first-order valence-corrected chi connectivity index (χ1v) is 7.49. The third-order valence-electron chi connectivity index (χ3n) is 2.07. The number of hydrogen-bond acceptors (Lipinski definition) is 3. The van der Waals surface area contributed by atoms with E-state index in [2.05, 4.69) is 12.2 Å². The van der Waals surface area contributed by atoms with Crippen molar-refractivity contribution in [2.75, 3.05) is 21.3 Å². The van der Waals surface area contributed by atoms with Gasteiger partial charge < -0.3 is 0 Å². The molecule has 1 rings (SSSR count). The normalized spacial score (nSPS) is 14.8. The van der Waals surface area contributed by atoms with Gasteiger partial charge >= 0.3 is 94.9 Å². The zero-order valence-corrected chi connectivity index (χ0v) is 15.1. The molecule has 0 aromatic rings. The molecular weight excluding hydrogens is 422 g/mol. The van der Waals surface area contributed by atoms with Crippen LogP contribution < -0.4 is 0 Å². The predicted octanol–water partition coefficient (Wildman–Crippen LogP) is 2.01. The molecule has 0 saturated heterocycles. The molecule has 0 saturated carbocycles. The zero-order chi connectivity index (χ0) is 9.90. The van der Waals surface area contributed by atoms with Crippen molar-refractivity contribution in [1.82, 2.24) is 0 Å². The monoisotopic (exact) mass is 437 g/mol. The van der Waals surface area contributed by atoms with Crippen molar-refractivity contribution in [2.24, 2.45) is 0 Å². The van der Waals surface area contributed by atoms with E-state index in [4.69, 9.17) is 13.3 Å². The van der Waals surface area contributed by atoms with Crippen molar-refractivity contribution >= 4 is 33.6 Å². The maximum atomic E-state index is 5.40. The van der Waals surface area contributed by atoms with E-state index < -0.39 is 8.80 Å². The molecule has 1 aliphatic carbocycles. The van der Waals surface area contributed by atoms with Crippen molar-refractivity contribution in [3.8, 4) is 0 Å². The van der Waals surface area contributed by atoms with E-state index >= 15 is 0 Å². The molecule has 0 heterocycles. The van der Waals surface area contributed by atoms with Gasteiger partial charge in [0.1, 0.15) is 0 Å². The Kier molecular flexibility index (Phi) is 10.0. The van der Waals surface area contributed by atoms with Gasteiger partial charge in [-0.2, -0.15) is 0 Å². The molecule has 15 heavy (non-hydrogen) atoms. The summed E-state index contributed by atoms with van der Waals surface area (Å²) in [5, 5.41) is 1.16. The molecule has 0 N–H and O–H groups in total. The van der Waals surface area contributed by atoms with Crippen LogP contribution in [-0.4, -0.2) is 30.1 Å². The largest absolute Gasteiger partial charge is 0.147 e. The van der Waals surface area contributed by atoms with Gasteiger partial charge in [0.05, 0.1) is 0 Å². The third-order valence-corrected chi connectivity index (χ3v) is 7.41. The fourth-order valence-electron chi connectivity index (χ4n) is 1.37. The van der Waals surface area contributed by atoms with E-state index in [-0.39, 0.29) is 24.8 Å². The van der Waals surface area contributed by atoms with Crippen LogP contribution in [0.5, 0.6) is 0 Å². The average molecular weight is 437 g/mol. The molecule has 0 aromatic carbocycles. The van der Waals surface area contributed by atoms with Gasteiger partial charge in [-0.3, -0.25) is 0 Å². The molecule has 87 valence electrons. The smallest absolute Gasteiger partial charge is 0.147 e. The molecule has 0 fully saturated rings. The van der Waals surface area contributed by atoms with Gasteiger partial charge in [0, 0.05) is 0 Å². The van der Waals surface area contributed by atoms with Gasteiger partial charge in [-0.05, 0) is 0 Å². The van der Waals surface area contributed by atoms with Crippen molar-refractivity contribution in [2.45, 2.75) is 6.42 Å². The first-order valence-electron chi connectivity index (χ1n) is 3.97. The van der Waals surface area contributed by atoms with Gasteiger partial charge in [-0.15, -0.1) is 24.8 Å². The number of hydrogen-bond donors (Lipinski definition) is 0. The number of rotatable bonds is 4. The molecule has 3 nitrogen and oxygen atoms in total. The Labute approximate surface area is 119 Å². The second-order valence-electron chi connectivity index (χ2n) is 2.67. The van der Waals surface area contributed by atoms with Crippen LogP contribution in [0.4, 0.5) is 0 Å². The van der Waals surface area contributed by atoms with Crippen molar-refractivity contribution in [3.05, 3.63) is 20.7 Å². The van der Waals surface area contributed by atoms with E-state index in [1.54, 1.807) is 21.3 Å². The fourth-order valence-corrected chi connectivity index (χ4v) is 5.70. The third kappa shape index (κ3) is 3.76. The minimum atomic E-state index is -2.52. The summed E-state index contributed by atoms with van der Waals surface area (Å²) in [5.74, 6) is 0. The summed E-state index contributed by atoms with van der Waals surface area (Å²) in [7, 11) is 2.42. The summed E-state index contributed by atoms with van der Waals surface area (Å²) in [5.41, 5.74) is 0. The van der Waals surface area contributed by atoms with Crippen LogP contribution in [0, 0.1) is 0 Å². The standard InChI is InChI=1S/C8H13O3Si.2ClH.Hf/c1-9-12(10-2,11-3)8-6-4-5-7-8;;;/h4,6H,5H2,1-3H3;2*1H;.